The molecular formula is C84H117Cl6N13O18S3. The lowest BCUT2D eigenvalue weighted by atomic mass is 9.85. The fraction of sp³-hybridized carbons (Fsp3) is 0.536. The number of rotatable bonds is 54. The zero-order chi connectivity index (χ0) is 89.2. The van der Waals surface area contributed by atoms with E-state index in [1.807, 2.05) is 57.5 Å². The summed E-state index contributed by atoms with van der Waals surface area (Å²) >= 11 is 39.1. The van der Waals surface area contributed by atoms with Gasteiger partial charge in [0.1, 0.15) is 0 Å². The number of halogens is 6. The second kappa shape index (κ2) is 52.1. The van der Waals surface area contributed by atoms with Crippen molar-refractivity contribution in [3.8, 4) is 0 Å². The number of urea groups is 3. The molecule has 0 saturated carbocycles. The van der Waals surface area contributed by atoms with Crippen molar-refractivity contribution in [1.82, 2.24) is 64.4 Å². The lowest BCUT2D eigenvalue weighted by Gasteiger charge is -2.33. The molecule has 6 amide bonds. The number of hydrogen-bond acceptors (Lipinski definition) is 22. The molecule has 6 aromatic rings. The van der Waals surface area contributed by atoms with E-state index in [9.17, 15) is 55.0 Å². The molecule has 0 unspecified atom stereocenters. The van der Waals surface area contributed by atoms with Crippen molar-refractivity contribution in [3.63, 3.8) is 0 Å². The summed E-state index contributed by atoms with van der Waals surface area (Å²) in [5.41, 5.74) is 8.03. The average Bonchev–Trinajstić information content (AvgIpc) is 0.776. The number of carbonyl (C=O) groups excluding carboxylic acids is 3. The van der Waals surface area contributed by atoms with Gasteiger partial charge >= 0.3 is 18.1 Å². The minimum Gasteiger partial charge on any atom is -0.395 e. The highest BCUT2D eigenvalue weighted by atomic mass is 35.5. The summed E-state index contributed by atoms with van der Waals surface area (Å²) in [4.78, 5) is 47.3. The fourth-order valence-corrected chi connectivity index (χ4v) is 21.2. The third-order valence-corrected chi connectivity index (χ3v) is 28.5. The Hall–Kier alpha value is -5.92. The summed E-state index contributed by atoms with van der Waals surface area (Å²) in [5, 5.41) is 49.7. The molecule has 0 spiro atoms. The lowest BCUT2D eigenvalue weighted by Crippen LogP contribution is -2.41. The molecular weight excluding hydrogens is 1790 g/mol. The Labute approximate surface area is 758 Å². The first-order chi connectivity index (χ1) is 59.6. The van der Waals surface area contributed by atoms with Gasteiger partial charge in [0.25, 0.3) is 0 Å². The highest BCUT2D eigenvalue weighted by Gasteiger charge is 2.35. The predicted molar refractivity (Wildman–Crippen MR) is 480 cm³/mol. The summed E-state index contributed by atoms with van der Waals surface area (Å²) in [6.45, 7) is 7.12. The number of aliphatic hydroxyl groups is 3. The minimum atomic E-state index is -4.04. The summed E-state index contributed by atoms with van der Waals surface area (Å²) in [6, 6.07) is 30.0. The largest absolute Gasteiger partial charge is 0.395 e. The Morgan fingerprint density at radius 2 is 0.613 bits per heavy atom. The van der Waals surface area contributed by atoms with Crippen LogP contribution in [0.1, 0.15) is 87.1 Å². The molecule has 9 N–H and O–H groups in total. The van der Waals surface area contributed by atoms with Crippen LogP contribution < -0.4 is 31.9 Å². The SMILES string of the molecule is CN1Cc2c(Cl)cc(Cl)cc2[C@H](c2cccc(S(=O)(=O)N(CCO)CCOCCOCCNC(=O)NCCCN(CCCNC(=O)NCCOCCOCCN(CCO)S(=O)(=O)c3cccc([C@@H]4CN(C)Cc5c(Cl)cc(Cl)cc54)c3)CCCNC(=O)NCCOCCOCCN(CCO)S(=O)(=O)c3cccc([C@@H]4CN(C)Cc5c(Cl)cc(Cl)cc54)c3)c2)C1. The van der Waals surface area contributed by atoms with Gasteiger partial charge in [-0.25, -0.2) is 39.6 Å². The van der Waals surface area contributed by atoms with Crippen LogP contribution in [0, 0.1) is 0 Å². The number of hydrogen-bond donors (Lipinski definition) is 9. The summed E-state index contributed by atoms with van der Waals surface area (Å²) in [5.74, 6) is -0.538. The van der Waals surface area contributed by atoms with E-state index < -0.39 is 68.0 Å². The number of fused-ring (bicyclic) bond motifs is 3. The van der Waals surface area contributed by atoms with E-state index in [4.69, 9.17) is 98.0 Å². The quantitative estimate of drug-likeness (QED) is 0.0163. The van der Waals surface area contributed by atoms with E-state index in [0.29, 0.717) is 128 Å². The lowest BCUT2D eigenvalue weighted by molar-refractivity contribution is 0.0453. The molecule has 3 aliphatic rings. The highest BCUT2D eigenvalue weighted by molar-refractivity contribution is 7.89. The normalized spacial score (nSPS) is 15.9. The van der Waals surface area contributed by atoms with Gasteiger partial charge in [-0.2, -0.15) is 12.9 Å². The van der Waals surface area contributed by atoms with Crippen molar-refractivity contribution < 1.29 is 83.4 Å². The Kier molecular flexibility index (Phi) is 42.7. The second-order valence-corrected chi connectivity index (χ2v) is 38.7. The Balaban J connectivity index is 0.649. The Morgan fingerprint density at radius 3 is 0.879 bits per heavy atom. The molecule has 40 heteroatoms. The molecule has 6 aromatic carbocycles. The third-order valence-electron chi connectivity index (χ3n) is 21.2. The zero-order valence-electron chi connectivity index (χ0n) is 70.3. The van der Waals surface area contributed by atoms with Gasteiger partial charge in [0.2, 0.25) is 30.1 Å². The van der Waals surface area contributed by atoms with Crippen LogP contribution in [0.5, 0.6) is 0 Å². The van der Waals surface area contributed by atoms with E-state index in [0.717, 1.165) is 50.1 Å². The van der Waals surface area contributed by atoms with Gasteiger partial charge in [-0.15, -0.1) is 0 Å². The van der Waals surface area contributed by atoms with Crippen molar-refractivity contribution in [2.75, 3.05) is 238 Å². The van der Waals surface area contributed by atoms with Crippen LogP contribution in [-0.4, -0.2) is 329 Å². The fourth-order valence-electron chi connectivity index (χ4n) is 15.1. The average molecular weight is 1910 g/mol. The summed E-state index contributed by atoms with van der Waals surface area (Å²) in [7, 11) is -6.18. The van der Waals surface area contributed by atoms with Gasteiger partial charge in [-0.1, -0.05) is 106 Å². The molecule has 0 saturated heterocycles. The number of likely N-dealkylation sites (N-methyl/N-ethyl adjacent to an activating group) is 3. The summed E-state index contributed by atoms with van der Waals surface area (Å²) in [6.07, 6.45) is 1.72. The van der Waals surface area contributed by atoms with Crippen molar-refractivity contribution in [1.29, 1.82) is 0 Å². The molecule has 0 aliphatic carbocycles. The first-order valence-corrected chi connectivity index (χ1v) is 48.1. The van der Waals surface area contributed by atoms with Crippen molar-refractivity contribution in [3.05, 3.63) is 189 Å². The molecule has 0 radical (unpaired) electrons. The van der Waals surface area contributed by atoms with Crippen LogP contribution in [0.4, 0.5) is 14.4 Å². The van der Waals surface area contributed by atoms with Crippen molar-refractivity contribution >= 4 is 118 Å². The van der Waals surface area contributed by atoms with E-state index in [1.54, 1.807) is 54.6 Å². The first kappa shape index (κ1) is 102. The molecule has 0 aromatic heterocycles. The van der Waals surface area contributed by atoms with E-state index in [2.05, 4.69) is 51.5 Å². The topological polar surface area (TPSA) is 365 Å². The second-order valence-electron chi connectivity index (χ2n) is 30.3. The van der Waals surface area contributed by atoms with E-state index in [1.165, 1.54) is 31.1 Å². The number of ether oxygens (including phenoxy) is 6. The number of sulfonamides is 3. The van der Waals surface area contributed by atoms with Gasteiger partial charge in [0.05, 0.1) is 114 Å². The predicted octanol–water partition coefficient (Wildman–Crippen LogP) is 8.16. The van der Waals surface area contributed by atoms with E-state index >= 15 is 0 Å². The first-order valence-electron chi connectivity index (χ1n) is 41.5. The maximum atomic E-state index is 14.0. The van der Waals surface area contributed by atoms with Crippen LogP contribution in [0.3, 0.4) is 0 Å². The number of amides is 6. The van der Waals surface area contributed by atoms with Gasteiger partial charge in [0, 0.05) is 166 Å². The maximum Gasteiger partial charge on any atom is 0.314 e. The van der Waals surface area contributed by atoms with Gasteiger partial charge < -0.3 is 95.2 Å². The van der Waals surface area contributed by atoms with Gasteiger partial charge in [-0.3, -0.25) is 0 Å². The minimum absolute atomic E-state index is 0.0162. The van der Waals surface area contributed by atoms with Crippen LogP contribution in [0.25, 0.3) is 0 Å². The molecule has 3 aliphatic heterocycles. The highest BCUT2D eigenvalue weighted by Crippen LogP contribution is 2.43. The van der Waals surface area contributed by atoms with Crippen LogP contribution in [0.15, 0.2) is 124 Å². The smallest absolute Gasteiger partial charge is 0.314 e. The number of aliphatic hydroxyl groups excluding tert-OH is 3. The molecule has 0 fully saturated rings. The number of benzene rings is 6. The summed E-state index contributed by atoms with van der Waals surface area (Å²) < 4.78 is 122. The van der Waals surface area contributed by atoms with Gasteiger partial charge in [0.15, 0.2) is 0 Å². The number of carbonyl (C=O) groups is 3. The van der Waals surface area contributed by atoms with Crippen molar-refractivity contribution in [2.45, 2.75) is 71.3 Å². The zero-order valence-corrected chi connectivity index (χ0v) is 77.3. The molecule has 0 bridgehead atoms. The Morgan fingerprint density at radius 1 is 0.355 bits per heavy atom. The molecule has 31 nitrogen and oxygen atoms in total. The number of nitrogens with zero attached hydrogens (tertiary/aromatic N) is 7. The monoisotopic (exact) mass is 1900 g/mol. The maximum absolute atomic E-state index is 14.0. The molecule has 3 heterocycles. The standard InChI is InChI=1S/C84H117Cl6N13O18S3/c1-97-55-73(70-49-64(85)52-79(88)76(70)58-97)61-10-4-13-67(46-61)122(110,111)101(25-31-104)28-37-119-43-40-116-34-19-94-82(107)91-16-7-22-100(23-8-17-92-83(108)95-20-35-117-41-44-120-38-29-102(26-32-105)123(112,113)68-14-5-11-62(47-68)74-56-98(2)59-77-71(74)50-65(86)53-80(77)89)24-9-18-93-84(109)96-21-36-118-42-45-121-39-30-103(27-33-106)124(114,115)69-15-6-12-63(48-69)75-57-99(3)60-78-72(75)51-66(87)54-81(78)90/h4-6,10-15,46-54,73-75,104-106H,7-9,16-45,55-60H2,1-3H3,(H2,91,94,107)(H2,92,95,108)(H2,93,96,109)/t73-,74-,75-/m0/s1. The van der Waals surface area contributed by atoms with Gasteiger partial charge in [-0.05, 0) is 183 Å². The Bertz CT molecular complexity index is 4310. The van der Waals surface area contributed by atoms with E-state index in [-0.39, 0.29) is 171 Å². The van der Waals surface area contributed by atoms with Crippen molar-refractivity contribution in [2.24, 2.45) is 0 Å². The van der Waals surface area contributed by atoms with Crippen LogP contribution in [-0.2, 0) is 78.1 Å². The molecule has 3 atom stereocenters. The van der Waals surface area contributed by atoms with Crippen LogP contribution in [0.2, 0.25) is 30.1 Å². The number of nitrogens with one attached hydrogen (secondary N) is 6. The molecule has 9 rings (SSSR count). The molecule has 686 valence electrons. The van der Waals surface area contributed by atoms with Crippen LogP contribution >= 0.6 is 69.6 Å². The third kappa shape index (κ3) is 31.2. The molecule has 124 heavy (non-hydrogen) atoms.